The number of fused-ring (bicyclic) bond motifs is 2. The van der Waals surface area contributed by atoms with Crippen LogP contribution in [0.5, 0.6) is 23.0 Å². The highest BCUT2D eigenvalue weighted by atomic mass is 16.6. The molecule has 2 aromatic carbocycles. The van der Waals surface area contributed by atoms with E-state index in [4.69, 9.17) is 28.4 Å². The zero-order valence-corrected chi connectivity index (χ0v) is 21.7. The maximum absolute atomic E-state index is 13.4. The molecule has 1 aliphatic carbocycles. The van der Waals surface area contributed by atoms with Gasteiger partial charge in [0.05, 0.1) is 25.0 Å². The maximum atomic E-state index is 13.4. The molecule has 2 aromatic rings. The van der Waals surface area contributed by atoms with Crippen LogP contribution in [0.25, 0.3) is 0 Å². The summed E-state index contributed by atoms with van der Waals surface area (Å²) in [5.41, 5.74) is -0.368. The Bertz CT molecular complexity index is 1270. The first-order valence-corrected chi connectivity index (χ1v) is 13.0. The van der Waals surface area contributed by atoms with E-state index in [1.807, 2.05) is 13.8 Å². The summed E-state index contributed by atoms with van der Waals surface area (Å²) in [6.07, 6.45) is 1.93. The van der Waals surface area contributed by atoms with Gasteiger partial charge in [0.1, 0.15) is 23.0 Å². The van der Waals surface area contributed by atoms with Crippen molar-refractivity contribution in [1.29, 1.82) is 0 Å². The van der Waals surface area contributed by atoms with Crippen LogP contribution in [0.2, 0.25) is 0 Å². The molecule has 0 N–H and O–H groups in total. The summed E-state index contributed by atoms with van der Waals surface area (Å²) in [5, 5.41) is 0. The van der Waals surface area contributed by atoms with E-state index in [0.717, 1.165) is 0 Å². The summed E-state index contributed by atoms with van der Waals surface area (Å²) in [4.78, 5) is 51.1. The number of ether oxygens (including phenoxy) is 6. The van der Waals surface area contributed by atoms with Crippen molar-refractivity contribution < 1.29 is 47.6 Å². The molecule has 1 fully saturated rings. The molecule has 204 valence electrons. The molecule has 0 radical (unpaired) electrons. The monoisotopic (exact) mass is 536 g/mol. The van der Waals surface area contributed by atoms with Crippen molar-refractivity contribution in [3.63, 3.8) is 0 Å². The van der Waals surface area contributed by atoms with Gasteiger partial charge in [0, 0.05) is 34.1 Å². The minimum Gasteiger partial charge on any atom is -0.482 e. The zero-order valence-electron chi connectivity index (χ0n) is 21.7. The largest absolute Gasteiger partial charge is 0.482 e. The van der Waals surface area contributed by atoms with Crippen molar-refractivity contribution in [2.75, 3.05) is 26.4 Å². The lowest BCUT2D eigenvalue weighted by Gasteiger charge is -2.66. The number of esters is 4. The topological polar surface area (TPSA) is 124 Å². The molecule has 10 heteroatoms. The predicted molar refractivity (Wildman–Crippen MR) is 133 cm³/mol. The third-order valence-electron chi connectivity index (χ3n) is 8.39. The van der Waals surface area contributed by atoms with Crippen LogP contribution >= 0.6 is 0 Å². The SMILES string of the molecule is CC12c3ccc4cc3OC(=O)C1C1(C)c3ccc(cc3OC(=O)C21)OCC(=O)OCCCCCOC(=O)CO4. The van der Waals surface area contributed by atoms with Crippen LogP contribution in [0.4, 0.5) is 0 Å². The first-order chi connectivity index (χ1) is 18.7. The van der Waals surface area contributed by atoms with E-state index >= 15 is 0 Å². The Kier molecular flexibility index (Phi) is 6.00. The molecule has 5 aliphatic heterocycles. The second-order valence-corrected chi connectivity index (χ2v) is 10.7. The van der Waals surface area contributed by atoms with Gasteiger partial charge < -0.3 is 28.4 Å². The van der Waals surface area contributed by atoms with Gasteiger partial charge in [-0.1, -0.05) is 26.0 Å². The number of benzene rings is 2. The highest BCUT2D eigenvalue weighted by Crippen LogP contribution is 2.71. The van der Waals surface area contributed by atoms with Crippen LogP contribution in [-0.2, 0) is 39.5 Å². The summed E-state index contributed by atoms with van der Waals surface area (Å²) < 4.78 is 33.1. The van der Waals surface area contributed by atoms with E-state index in [9.17, 15) is 19.2 Å². The van der Waals surface area contributed by atoms with Crippen LogP contribution in [-0.4, -0.2) is 50.3 Å². The van der Waals surface area contributed by atoms with Gasteiger partial charge in [0.15, 0.2) is 13.2 Å². The fourth-order valence-electron chi connectivity index (χ4n) is 6.78. The highest BCUT2D eigenvalue weighted by Gasteiger charge is 2.77. The Hall–Kier alpha value is -4.08. The van der Waals surface area contributed by atoms with Crippen molar-refractivity contribution in [3.8, 4) is 23.0 Å². The summed E-state index contributed by atoms with van der Waals surface area (Å²) in [6.45, 7) is 3.57. The molecule has 0 amide bonds. The number of hydrogen-bond donors (Lipinski definition) is 0. The van der Waals surface area contributed by atoms with Crippen molar-refractivity contribution in [3.05, 3.63) is 47.5 Å². The second-order valence-electron chi connectivity index (χ2n) is 10.7. The minimum absolute atomic E-state index is 0.218. The lowest BCUT2D eigenvalue weighted by molar-refractivity contribution is -0.184. The first kappa shape index (κ1) is 25.2. The van der Waals surface area contributed by atoms with Gasteiger partial charge in [-0.3, -0.25) is 9.59 Å². The van der Waals surface area contributed by atoms with E-state index in [2.05, 4.69) is 0 Å². The molecule has 39 heavy (non-hydrogen) atoms. The van der Waals surface area contributed by atoms with Crippen molar-refractivity contribution in [2.24, 2.45) is 11.8 Å². The van der Waals surface area contributed by atoms with Crippen LogP contribution in [0, 0.1) is 11.8 Å². The van der Waals surface area contributed by atoms with Crippen LogP contribution in [0.15, 0.2) is 36.4 Å². The number of carbonyl (C=O) groups is 4. The molecule has 0 saturated heterocycles. The van der Waals surface area contributed by atoms with E-state index in [1.54, 1.807) is 36.4 Å². The Morgan fingerprint density at radius 2 is 1.05 bits per heavy atom. The van der Waals surface area contributed by atoms with Gasteiger partial charge in [-0.05, 0) is 31.4 Å². The number of carbonyl (C=O) groups excluding carboxylic acids is 4. The quantitative estimate of drug-likeness (QED) is 0.367. The molecular formula is C29H28O10. The molecule has 0 unspecified atom stereocenters. The lowest BCUT2D eigenvalue weighted by Crippen LogP contribution is -2.75. The predicted octanol–water partition coefficient (Wildman–Crippen LogP) is 3.01. The minimum atomic E-state index is -0.877. The molecule has 1 saturated carbocycles. The molecule has 0 atom stereocenters. The first-order valence-electron chi connectivity index (χ1n) is 13.0. The number of rotatable bonds is 0. The molecular weight excluding hydrogens is 508 g/mol. The van der Waals surface area contributed by atoms with Gasteiger partial charge in [-0.2, -0.15) is 0 Å². The average Bonchev–Trinajstić information content (AvgIpc) is 2.88. The smallest absolute Gasteiger partial charge is 0.344 e. The Labute approximate surface area is 224 Å². The summed E-state index contributed by atoms with van der Waals surface area (Å²) in [6, 6.07) is 10.0. The molecule has 0 aromatic heterocycles. The average molecular weight is 537 g/mol. The standard InChI is InChI=1S/C29H28O10/c1-28-18-8-6-16-12-20(18)38-26(32)24(28)29(2)19-9-7-17(13-21(19)39-27(33)25(28)29)37-15-23(31)35-11-5-3-4-10-34-22(30)14-36-16/h6-9,12-13,24-25H,3-5,10-11,14-15H2,1-2H3. The normalized spacial score (nSPS) is 30.2. The molecule has 10 bridgehead atoms. The van der Waals surface area contributed by atoms with E-state index in [0.29, 0.717) is 41.9 Å². The Morgan fingerprint density at radius 3 is 1.49 bits per heavy atom. The molecule has 10 nitrogen and oxygen atoms in total. The van der Waals surface area contributed by atoms with E-state index in [-0.39, 0.29) is 37.9 Å². The molecule has 5 heterocycles. The van der Waals surface area contributed by atoms with Crippen LogP contribution in [0.1, 0.15) is 44.2 Å². The van der Waals surface area contributed by atoms with E-state index < -0.39 is 46.5 Å². The lowest BCUT2D eigenvalue weighted by atomic mass is 9.35. The molecule has 0 spiro atoms. The Morgan fingerprint density at radius 1 is 0.615 bits per heavy atom. The zero-order chi connectivity index (χ0) is 27.4. The van der Waals surface area contributed by atoms with Gasteiger partial charge in [-0.25, -0.2) is 9.59 Å². The number of hydrogen-bond acceptors (Lipinski definition) is 10. The second kappa shape index (κ2) is 9.29. The van der Waals surface area contributed by atoms with Crippen molar-refractivity contribution >= 4 is 23.9 Å². The van der Waals surface area contributed by atoms with Crippen LogP contribution < -0.4 is 18.9 Å². The summed E-state index contributed by atoms with van der Waals surface area (Å²) in [5.74, 6) is -2.04. The fraction of sp³-hybridized carbons (Fsp3) is 0.448. The summed E-state index contributed by atoms with van der Waals surface area (Å²) >= 11 is 0. The molecule has 8 rings (SSSR count). The third-order valence-corrected chi connectivity index (χ3v) is 8.39. The fourth-order valence-corrected chi connectivity index (χ4v) is 6.78. The maximum Gasteiger partial charge on any atom is 0.344 e. The highest BCUT2D eigenvalue weighted by molar-refractivity contribution is 5.94. The van der Waals surface area contributed by atoms with Gasteiger partial charge in [0.2, 0.25) is 0 Å². The summed E-state index contributed by atoms with van der Waals surface area (Å²) in [7, 11) is 0. The van der Waals surface area contributed by atoms with Gasteiger partial charge in [-0.15, -0.1) is 0 Å². The van der Waals surface area contributed by atoms with Crippen molar-refractivity contribution in [1.82, 2.24) is 0 Å². The van der Waals surface area contributed by atoms with Gasteiger partial charge >= 0.3 is 23.9 Å². The van der Waals surface area contributed by atoms with Crippen LogP contribution in [0.3, 0.4) is 0 Å². The molecule has 6 aliphatic rings. The van der Waals surface area contributed by atoms with E-state index in [1.165, 1.54) is 0 Å². The Balaban J connectivity index is 1.36. The van der Waals surface area contributed by atoms with Crippen molar-refractivity contribution in [2.45, 2.75) is 43.9 Å². The van der Waals surface area contributed by atoms with Gasteiger partial charge in [0.25, 0.3) is 0 Å². The third kappa shape index (κ3) is 3.92.